The fourth-order valence-electron chi connectivity index (χ4n) is 3.05. The fourth-order valence-corrected chi connectivity index (χ4v) is 3.67. The summed E-state index contributed by atoms with van der Waals surface area (Å²) in [7, 11) is 0. The fraction of sp³-hybridized carbons (Fsp3) is 0.333. The Morgan fingerprint density at radius 2 is 1.00 bits per heavy atom. The Labute approximate surface area is 162 Å². The molecule has 0 fully saturated rings. The lowest BCUT2D eigenvalue weighted by atomic mass is 9.86. The molecule has 1 aromatic heterocycles. The third kappa shape index (κ3) is 4.02. The Kier molecular flexibility index (Phi) is 4.98. The first-order valence-electron chi connectivity index (χ1n) is 9.20. The number of hydrogen-bond acceptors (Lipinski definition) is 2. The van der Waals surface area contributed by atoms with Crippen molar-refractivity contribution in [1.29, 1.82) is 0 Å². The van der Waals surface area contributed by atoms with Crippen LogP contribution in [-0.4, -0.2) is 0 Å². The Balaban J connectivity index is 2.02. The van der Waals surface area contributed by atoms with E-state index in [-0.39, 0.29) is 10.8 Å². The first kappa shape index (κ1) is 18.7. The molecule has 0 saturated heterocycles. The minimum absolute atomic E-state index is 0.167. The molecule has 0 bridgehead atoms. The number of nitrogens with zero attached hydrogens (tertiary/aromatic N) is 1. The molecule has 0 saturated carbocycles. The number of hydrogen-bond donors (Lipinski definition) is 0. The van der Waals surface area contributed by atoms with Gasteiger partial charge in [-0.2, -0.15) is 11.3 Å². The van der Waals surface area contributed by atoms with Gasteiger partial charge >= 0.3 is 0 Å². The molecule has 0 aliphatic carbocycles. The molecule has 3 aromatic rings. The van der Waals surface area contributed by atoms with Gasteiger partial charge in [-0.3, -0.25) is 0 Å². The third-order valence-corrected chi connectivity index (χ3v) is 5.42. The van der Waals surface area contributed by atoms with Crippen LogP contribution in [0.5, 0.6) is 0 Å². The molecular weight excluding hydrogens is 334 g/mol. The van der Waals surface area contributed by atoms with Gasteiger partial charge in [0.2, 0.25) is 0 Å². The summed E-state index contributed by atoms with van der Waals surface area (Å²) in [4.78, 5) is 2.33. The van der Waals surface area contributed by atoms with Gasteiger partial charge in [-0.05, 0) is 57.7 Å². The van der Waals surface area contributed by atoms with Gasteiger partial charge < -0.3 is 4.90 Å². The van der Waals surface area contributed by atoms with Crippen molar-refractivity contribution >= 4 is 28.4 Å². The molecule has 0 N–H and O–H groups in total. The van der Waals surface area contributed by atoms with Gasteiger partial charge in [0.25, 0.3) is 0 Å². The van der Waals surface area contributed by atoms with Gasteiger partial charge in [0.15, 0.2) is 0 Å². The maximum atomic E-state index is 2.33. The Bertz CT molecular complexity index is 772. The summed E-state index contributed by atoms with van der Waals surface area (Å²) in [6.45, 7) is 13.5. The number of rotatable bonds is 3. The summed E-state index contributed by atoms with van der Waals surface area (Å²) in [5.74, 6) is 0. The first-order valence-corrected chi connectivity index (χ1v) is 10.1. The van der Waals surface area contributed by atoms with Crippen molar-refractivity contribution in [2.45, 2.75) is 52.4 Å². The second-order valence-corrected chi connectivity index (χ2v) is 9.69. The molecule has 136 valence electrons. The summed E-state index contributed by atoms with van der Waals surface area (Å²) in [5, 5.41) is 4.34. The lowest BCUT2D eigenvalue weighted by Gasteiger charge is -2.27. The van der Waals surface area contributed by atoms with Crippen LogP contribution in [0.25, 0.3) is 0 Å². The molecule has 3 rings (SSSR count). The molecular formula is C24H29NS. The van der Waals surface area contributed by atoms with E-state index < -0.39 is 0 Å². The standard InChI is InChI=1S/C24H29NS/c1-23(2,3)18-7-11-20(12-8-18)25(22-15-16-26-17-22)21-13-9-19(10-14-21)24(4,5)6/h7-17H,1-6H3. The largest absolute Gasteiger partial charge is 0.310 e. The van der Waals surface area contributed by atoms with Crippen LogP contribution < -0.4 is 4.90 Å². The van der Waals surface area contributed by atoms with E-state index in [1.807, 2.05) is 0 Å². The predicted octanol–water partition coefficient (Wildman–Crippen LogP) is 7.81. The topological polar surface area (TPSA) is 3.24 Å². The van der Waals surface area contributed by atoms with Gasteiger partial charge in [-0.1, -0.05) is 65.8 Å². The second kappa shape index (κ2) is 6.92. The summed E-state index contributed by atoms with van der Waals surface area (Å²) in [6.07, 6.45) is 0. The van der Waals surface area contributed by atoms with Crippen molar-refractivity contribution in [2.24, 2.45) is 0 Å². The Morgan fingerprint density at radius 1 is 0.577 bits per heavy atom. The second-order valence-electron chi connectivity index (χ2n) is 8.91. The zero-order valence-electron chi connectivity index (χ0n) is 16.7. The van der Waals surface area contributed by atoms with Crippen LogP contribution in [0.3, 0.4) is 0 Å². The maximum absolute atomic E-state index is 2.33. The summed E-state index contributed by atoms with van der Waals surface area (Å²) in [5.41, 5.74) is 6.64. The molecule has 0 aliphatic heterocycles. The predicted molar refractivity (Wildman–Crippen MR) is 116 cm³/mol. The van der Waals surface area contributed by atoms with E-state index in [2.05, 4.69) is 112 Å². The van der Waals surface area contributed by atoms with Crippen molar-refractivity contribution in [3.63, 3.8) is 0 Å². The summed E-state index contributed by atoms with van der Waals surface area (Å²) < 4.78 is 0. The number of anilines is 3. The van der Waals surface area contributed by atoms with E-state index in [0.29, 0.717) is 0 Å². The van der Waals surface area contributed by atoms with Crippen molar-refractivity contribution in [3.8, 4) is 0 Å². The zero-order chi connectivity index (χ0) is 18.9. The molecule has 0 radical (unpaired) electrons. The molecule has 0 amide bonds. The minimum Gasteiger partial charge on any atom is -0.310 e. The molecule has 26 heavy (non-hydrogen) atoms. The van der Waals surface area contributed by atoms with Gasteiger partial charge in [0.05, 0.1) is 5.69 Å². The third-order valence-electron chi connectivity index (χ3n) is 4.75. The van der Waals surface area contributed by atoms with Gasteiger partial charge in [-0.15, -0.1) is 0 Å². The lowest BCUT2D eigenvalue weighted by molar-refractivity contribution is 0.590. The van der Waals surface area contributed by atoms with Gasteiger partial charge in [-0.25, -0.2) is 0 Å². The van der Waals surface area contributed by atoms with E-state index in [4.69, 9.17) is 0 Å². The van der Waals surface area contributed by atoms with E-state index in [0.717, 1.165) is 0 Å². The monoisotopic (exact) mass is 363 g/mol. The highest BCUT2D eigenvalue weighted by Gasteiger charge is 2.18. The van der Waals surface area contributed by atoms with Crippen molar-refractivity contribution in [3.05, 3.63) is 76.5 Å². The van der Waals surface area contributed by atoms with Crippen LogP contribution in [0.4, 0.5) is 17.1 Å². The van der Waals surface area contributed by atoms with Crippen LogP contribution >= 0.6 is 11.3 Å². The average Bonchev–Trinajstić information content (AvgIpc) is 3.08. The van der Waals surface area contributed by atoms with Crippen LogP contribution in [0.15, 0.2) is 65.4 Å². The molecule has 1 heterocycles. The molecule has 0 aliphatic rings. The highest BCUT2D eigenvalue weighted by molar-refractivity contribution is 7.08. The minimum atomic E-state index is 0.167. The van der Waals surface area contributed by atoms with Crippen LogP contribution in [0.1, 0.15) is 52.7 Å². The summed E-state index contributed by atoms with van der Waals surface area (Å²) >= 11 is 1.73. The number of thiophene rings is 1. The quantitative estimate of drug-likeness (QED) is 0.458. The van der Waals surface area contributed by atoms with Gasteiger partial charge in [0, 0.05) is 16.8 Å². The van der Waals surface area contributed by atoms with E-state index in [1.165, 1.54) is 28.2 Å². The van der Waals surface area contributed by atoms with E-state index >= 15 is 0 Å². The van der Waals surface area contributed by atoms with E-state index in [9.17, 15) is 0 Å². The Hall–Kier alpha value is -2.06. The van der Waals surface area contributed by atoms with Gasteiger partial charge in [0.1, 0.15) is 0 Å². The Morgan fingerprint density at radius 3 is 1.31 bits per heavy atom. The van der Waals surface area contributed by atoms with Crippen molar-refractivity contribution < 1.29 is 0 Å². The molecule has 2 heteroatoms. The molecule has 0 spiro atoms. The number of benzene rings is 2. The normalized spacial score (nSPS) is 12.2. The zero-order valence-corrected chi connectivity index (χ0v) is 17.5. The summed E-state index contributed by atoms with van der Waals surface area (Å²) in [6, 6.07) is 20.1. The van der Waals surface area contributed by atoms with Crippen molar-refractivity contribution in [1.82, 2.24) is 0 Å². The molecule has 2 aromatic carbocycles. The average molecular weight is 364 g/mol. The lowest BCUT2D eigenvalue weighted by Crippen LogP contribution is -2.14. The SMILES string of the molecule is CC(C)(C)c1ccc(N(c2ccc(C(C)(C)C)cc2)c2ccsc2)cc1. The smallest absolute Gasteiger partial charge is 0.0568 e. The highest BCUT2D eigenvalue weighted by atomic mass is 32.1. The maximum Gasteiger partial charge on any atom is 0.0568 e. The van der Waals surface area contributed by atoms with Crippen LogP contribution in [0.2, 0.25) is 0 Å². The molecule has 0 unspecified atom stereocenters. The van der Waals surface area contributed by atoms with Crippen LogP contribution in [0, 0.1) is 0 Å². The van der Waals surface area contributed by atoms with E-state index in [1.54, 1.807) is 11.3 Å². The van der Waals surface area contributed by atoms with Crippen molar-refractivity contribution in [2.75, 3.05) is 4.90 Å². The van der Waals surface area contributed by atoms with Crippen LogP contribution in [-0.2, 0) is 10.8 Å². The molecule has 1 nitrogen and oxygen atoms in total. The highest BCUT2D eigenvalue weighted by Crippen LogP contribution is 2.37. The molecule has 0 atom stereocenters. The first-order chi connectivity index (χ1) is 12.2.